The summed E-state index contributed by atoms with van der Waals surface area (Å²) in [5, 5.41) is 0. The average Bonchev–Trinajstić information content (AvgIpc) is 2.37. The molecule has 0 saturated carbocycles. The van der Waals surface area contributed by atoms with Gasteiger partial charge in [-0.25, -0.2) is 8.42 Å². The maximum atomic E-state index is 12.1. The van der Waals surface area contributed by atoms with Crippen LogP contribution in [0.25, 0.3) is 0 Å². The minimum Gasteiger partial charge on any atom is -0.496 e. The third-order valence-electron chi connectivity index (χ3n) is 3.19. The quantitative estimate of drug-likeness (QED) is 0.833. The van der Waals surface area contributed by atoms with Gasteiger partial charge in [0.25, 0.3) is 0 Å². The highest BCUT2D eigenvalue weighted by molar-refractivity contribution is 7.90. The fourth-order valence-corrected chi connectivity index (χ4v) is 3.85. The molecule has 1 aromatic carbocycles. The molecule has 1 atom stereocenters. The molecule has 0 aliphatic rings. The number of methoxy groups -OCH3 is 1. The molecule has 0 spiro atoms. The Morgan fingerprint density at radius 3 is 2.58 bits per heavy atom. The predicted molar refractivity (Wildman–Crippen MR) is 77.8 cm³/mol. The molecule has 5 heteroatoms. The van der Waals surface area contributed by atoms with Crippen LogP contribution in [0.3, 0.4) is 0 Å². The summed E-state index contributed by atoms with van der Waals surface area (Å²) in [4.78, 5) is 0. The van der Waals surface area contributed by atoms with Crippen molar-refractivity contribution < 1.29 is 13.2 Å². The van der Waals surface area contributed by atoms with Gasteiger partial charge in [-0.3, -0.25) is 0 Å². The first-order chi connectivity index (χ1) is 8.91. The van der Waals surface area contributed by atoms with Crippen molar-refractivity contribution in [2.24, 2.45) is 11.7 Å². The van der Waals surface area contributed by atoms with Gasteiger partial charge in [-0.2, -0.15) is 0 Å². The summed E-state index contributed by atoms with van der Waals surface area (Å²) in [5.74, 6) is 1.18. The molecule has 0 saturated heterocycles. The fraction of sp³-hybridized carbons (Fsp3) is 0.571. The van der Waals surface area contributed by atoms with E-state index >= 15 is 0 Å². The van der Waals surface area contributed by atoms with Crippen molar-refractivity contribution in [3.05, 3.63) is 29.3 Å². The van der Waals surface area contributed by atoms with Crippen LogP contribution in [-0.2, 0) is 22.1 Å². The third-order valence-corrected chi connectivity index (χ3v) is 5.04. The first kappa shape index (κ1) is 16.0. The standard InChI is InChI=1S/C14H23NO3S/c1-4-11(2)9-19(16,17)10-12-5-6-14(18-3)13(7-12)8-15/h5-7,11H,4,8-10,15H2,1-3H3. The van der Waals surface area contributed by atoms with Crippen LogP contribution in [0.15, 0.2) is 18.2 Å². The summed E-state index contributed by atoms with van der Waals surface area (Å²) in [5.41, 5.74) is 7.23. The molecule has 0 aliphatic carbocycles. The summed E-state index contributed by atoms with van der Waals surface area (Å²) >= 11 is 0. The Kier molecular flexibility index (Phi) is 5.82. The van der Waals surface area contributed by atoms with Crippen molar-refractivity contribution in [1.29, 1.82) is 0 Å². The summed E-state index contributed by atoms with van der Waals surface area (Å²) < 4.78 is 29.3. The van der Waals surface area contributed by atoms with E-state index < -0.39 is 9.84 Å². The fourth-order valence-electron chi connectivity index (χ4n) is 1.95. The van der Waals surface area contributed by atoms with Gasteiger partial charge in [-0.05, 0) is 23.6 Å². The first-order valence-electron chi connectivity index (χ1n) is 6.48. The second-order valence-corrected chi connectivity index (χ2v) is 7.03. The minimum atomic E-state index is -3.07. The van der Waals surface area contributed by atoms with Gasteiger partial charge in [0.2, 0.25) is 0 Å². The van der Waals surface area contributed by atoms with Gasteiger partial charge in [-0.1, -0.05) is 26.3 Å². The van der Waals surface area contributed by atoms with Crippen LogP contribution in [-0.4, -0.2) is 21.3 Å². The molecule has 1 aromatic rings. The summed E-state index contributed by atoms with van der Waals surface area (Å²) in [6.07, 6.45) is 0.871. The molecule has 0 amide bonds. The molecule has 0 heterocycles. The Labute approximate surface area is 115 Å². The number of rotatable bonds is 7. The van der Waals surface area contributed by atoms with E-state index in [1.54, 1.807) is 19.2 Å². The highest BCUT2D eigenvalue weighted by Gasteiger charge is 2.16. The van der Waals surface area contributed by atoms with Gasteiger partial charge in [0.15, 0.2) is 9.84 Å². The van der Waals surface area contributed by atoms with Crippen molar-refractivity contribution in [2.45, 2.75) is 32.6 Å². The number of sulfone groups is 1. The van der Waals surface area contributed by atoms with Crippen LogP contribution >= 0.6 is 0 Å². The lowest BCUT2D eigenvalue weighted by Gasteiger charge is -2.12. The molecule has 2 N–H and O–H groups in total. The molecule has 19 heavy (non-hydrogen) atoms. The Hall–Kier alpha value is -1.07. The smallest absolute Gasteiger partial charge is 0.154 e. The third kappa shape index (κ3) is 4.84. The van der Waals surface area contributed by atoms with E-state index in [9.17, 15) is 8.42 Å². The zero-order valence-electron chi connectivity index (χ0n) is 11.8. The lowest BCUT2D eigenvalue weighted by Crippen LogP contribution is -2.15. The Bertz CT molecular complexity index is 511. The molecular weight excluding hydrogens is 262 g/mol. The van der Waals surface area contributed by atoms with Gasteiger partial charge >= 0.3 is 0 Å². The molecule has 1 unspecified atom stereocenters. The van der Waals surface area contributed by atoms with Crippen molar-refractivity contribution in [2.75, 3.05) is 12.9 Å². The average molecular weight is 285 g/mol. The molecule has 4 nitrogen and oxygen atoms in total. The van der Waals surface area contributed by atoms with Gasteiger partial charge in [-0.15, -0.1) is 0 Å². The van der Waals surface area contributed by atoms with E-state index in [4.69, 9.17) is 10.5 Å². The first-order valence-corrected chi connectivity index (χ1v) is 8.30. The monoisotopic (exact) mass is 285 g/mol. The Morgan fingerprint density at radius 1 is 1.37 bits per heavy atom. The van der Waals surface area contributed by atoms with Crippen LogP contribution in [0.1, 0.15) is 31.4 Å². The van der Waals surface area contributed by atoms with Gasteiger partial charge in [0.05, 0.1) is 18.6 Å². The van der Waals surface area contributed by atoms with Crippen LogP contribution in [0.5, 0.6) is 5.75 Å². The van der Waals surface area contributed by atoms with Crippen LogP contribution in [0.2, 0.25) is 0 Å². The van der Waals surface area contributed by atoms with Gasteiger partial charge in [0.1, 0.15) is 5.75 Å². The molecule has 0 fully saturated rings. The molecule has 0 bridgehead atoms. The Balaban J connectivity index is 2.88. The maximum absolute atomic E-state index is 12.1. The predicted octanol–water partition coefficient (Wildman–Crippen LogP) is 2.11. The highest BCUT2D eigenvalue weighted by atomic mass is 32.2. The summed E-state index contributed by atoms with van der Waals surface area (Å²) in [6.45, 7) is 4.29. The van der Waals surface area contributed by atoms with Gasteiger partial charge in [0, 0.05) is 12.1 Å². The lowest BCUT2D eigenvalue weighted by atomic mass is 10.1. The maximum Gasteiger partial charge on any atom is 0.154 e. The van der Waals surface area contributed by atoms with Crippen LogP contribution in [0.4, 0.5) is 0 Å². The SMILES string of the molecule is CCC(C)CS(=O)(=O)Cc1ccc(OC)c(CN)c1. The number of nitrogens with two attached hydrogens (primary N) is 1. The normalized spacial score (nSPS) is 13.3. The largest absolute Gasteiger partial charge is 0.496 e. The molecular formula is C14H23NO3S. The topological polar surface area (TPSA) is 69.4 Å². The van der Waals surface area contributed by atoms with E-state index in [2.05, 4.69) is 0 Å². The van der Waals surface area contributed by atoms with Crippen molar-refractivity contribution in [3.63, 3.8) is 0 Å². The molecule has 0 aliphatic heterocycles. The summed E-state index contributed by atoms with van der Waals surface area (Å²) in [6, 6.07) is 5.37. The second-order valence-electron chi connectivity index (χ2n) is 4.92. The zero-order valence-corrected chi connectivity index (χ0v) is 12.7. The summed E-state index contributed by atoms with van der Waals surface area (Å²) in [7, 11) is -1.49. The Morgan fingerprint density at radius 2 is 2.05 bits per heavy atom. The molecule has 0 aromatic heterocycles. The molecule has 108 valence electrons. The van der Waals surface area contributed by atoms with Gasteiger partial charge < -0.3 is 10.5 Å². The van der Waals surface area contributed by atoms with E-state index in [-0.39, 0.29) is 17.4 Å². The molecule has 0 radical (unpaired) electrons. The zero-order chi connectivity index (χ0) is 14.5. The van der Waals surface area contributed by atoms with E-state index in [0.29, 0.717) is 12.3 Å². The van der Waals surface area contributed by atoms with Crippen LogP contribution < -0.4 is 10.5 Å². The number of hydrogen-bond acceptors (Lipinski definition) is 4. The highest BCUT2D eigenvalue weighted by Crippen LogP contribution is 2.21. The van der Waals surface area contributed by atoms with E-state index in [0.717, 1.165) is 17.5 Å². The van der Waals surface area contributed by atoms with E-state index in [1.165, 1.54) is 0 Å². The number of hydrogen-bond donors (Lipinski definition) is 1. The molecule has 1 rings (SSSR count). The minimum absolute atomic E-state index is 0.0638. The second kappa shape index (κ2) is 6.91. The van der Waals surface area contributed by atoms with Crippen molar-refractivity contribution in [3.8, 4) is 5.75 Å². The van der Waals surface area contributed by atoms with Crippen molar-refractivity contribution >= 4 is 9.84 Å². The number of ether oxygens (including phenoxy) is 1. The number of benzene rings is 1. The van der Waals surface area contributed by atoms with Crippen molar-refractivity contribution in [1.82, 2.24) is 0 Å². The lowest BCUT2D eigenvalue weighted by molar-refractivity contribution is 0.409. The van der Waals surface area contributed by atoms with Crippen LogP contribution in [0, 0.1) is 5.92 Å². The van der Waals surface area contributed by atoms with E-state index in [1.807, 2.05) is 19.9 Å².